The zero-order valence-corrected chi connectivity index (χ0v) is 39.3. The third-order valence-corrected chi connectivity index (χ3v) is 11.1. The van der Waals surface area contributed by atoms with E-state index in [4.69, 9.17) is 14.2 Å². The van der Waals surface area contributed by atoms with Crippen LogP contribution in [0.5, 0.6) is 0 Å². The van der Waals surface area contributed by atoms with Crippen LogP contribution in [-0.2, 0) is 28.6 Å². The molecule has 6 heteroatoms. The lowest BCUT2D eigenvalue weighted by molar-refractivity contribution is -0.167. The summed E-state index contributed by atoms with van der Waals surface area (Å²) in [6.45, 7) is 6.59. The van der Waals surface area contributed by atoms with Gasteiger partial charge in [0, 0.05) is 19.3 Å². The van der Waals surface area contributed by atoms with Crippen molar-refractivity contribution in [3.63, 3.8) is 0 Å². The topological polar surface area (TPSA) is 78.9 Å². The Bertz CT molecular complexity index is 1000. The van der Waals surface area contributed by atoms with Gasteiger partial charge in [0.15, 0.2) is 6.10 Å². The molecule has 0 spiro atoms. The van der Waals surface area contributed by atoms with Crippen LogP contribution in [0, 0.1) is 0 Å². The number of carbonyl (C=O) groups is 3. The molecule has 0 saturated carbocycles. The minimum Gasteiger partial charge on any atom is -0.462 e. The first-order valence-corrected chi connectivity index (χ1v) is 25.5. The molecule has 0 aliphatic rings. The molecule has 0 fully saturated rings. The van der Waals surface area contributed by atoms with Crippen LogP contribution in [0.15, 0.2) is 36.5 Å². The Morgan fingerprint density at radius 2 is 0.610 bits per heavy atom. The highest BCUT2D eigenvalue weighted by Crippen LogP contribution is 2.15. The quantitative estimate of drug-likeness (QED) is 0.0263. The lowest BCUT2D eigenvalue weighted by Crippen LogP contribution is -2.30. The molecule has 0 aliphatic heterocycles. The molecule has 6 nitrogen and oxygen atoms in total. The van der Waals surface area contributed by atoms with Crippen molar-refractivity contribution in [2.75, 3.05) is 13.2 Å². The number of unbranched alkanes of at least 4 members (excludes halogenated alkanes) is 29. The van der Waals surface area contributed by atoms with Crippen molar-refractivity contribution in [3.05, 3.63) is 36.5 Å². The second kappa shape index (κ2) is 48.3. The van der Waals surface area contributed by atoms with Crippen LogP contribution in [0.4, 0.5) is 0 Å². The maximum atomic E-state index is 12.8. The van der Waals surface area contributed by atoms with Gasteiger partial charge < -0.3 is 14.2 Å². The lowest BCUT2D eigenvalue weighted by Gasteiger charge is -2.18. The van der Waals surface area contributed by atoms with Gasteiger partial charge in [-0.15, -0.1) is 0 Å². The molecule has 0 aromatic carbocycles. The number of hydrogen-bond donors (Lipinski definition) is 0. The molecule has 0 aliphatic carbocycles. The van der Waals surface area contributed by atoms with Gasteiger partial charge in [-0.05, 0) is 77.0 Å². The molecule has 344 valence electrons. The highest BCUT2D eigenvalue weighted by atomic mass is 16.6. The zero-order chi connectivity index (χ0) is 43.0. The Morgan fingerprint density at radius 1 is 0.339 bits per heavy atom. The highest BCUT2D eigenvalue weighted by Gasteiger charge is 2.19. The number of rotatable bonds is 46. The van der Waals surface area contributed by atoms with E-state index in [-0.39, 0.29) is 31.1 Å². The van der Waals surface area contributed by atoms with Crippen LogP contribution in [-0.4, -0.2) is 37.2 Å². The summed E-state index contributed by atoms with van der Waals surface area (Å²) in [5.74, 6) is -0.892. The number of esters is 3. The van der Waals surface area contributed by atoms with E-state index in [0.717, 1.165) is 89.9 Å². The summed E-state index contributed by atoms with van der Waals surface area (Å²) in [5, 5.41) is 0. The second-order valence-electron chi connectivity index (χ2n) is 17.1. The fourth-order valence-corrected chi connectivity index (χ4v) is 7.23. The molecule has 1 atom stereocenters. The highest BCUT2D eigenvalue weighted by molar-refractivity contribution is 5.71. The maximum Gasteiger partial charge on any atom is 0.306 e. The van der Waals surface area contributed by atoms with E-state index in [1.165, 1.54) is 135 Å². The predicted octanol–water partition coefficient (Wildman–Crippen LogP) is 16.5. The lowest BCUT2D eigenvalue weighted by atomic mass is 10.0. The smallest absolute Gasteiger partial charge is 0.306 e. The molecular formula is C53H96O6. The monoisotopic (exact) mass is 829 g/mol. The SMILES string of the molecule is CCCCC/C=C\C/C=C\CCCCCCCC(=O)OC[C@@H](COC(=O)CCCCCCCCCCCCCC)OC(=O)CCCCCCC/C=C\CCCCCCC. The van der Waals surface area contributed by atoms with Gasteiger partial charge in [-0.25, -0.2) is 0 Å². The third-order valence-electron chi connectivity index (χ3n) is 11.1. The van der Waals surface area contributed by atoms with Crippen LogP contribution in [0.25, 0.3) is 0 Å². The Hall–Kier alpha value is -2.37. The summed E-state index contributed by atoms with van der Waals surface area (Å²) in [5.41, 5.74) is 0. The predicted molar refractivity (Wildman–Crippen MR) is 252 cm³/mol. The molecule has 0 aromatic rings. The van der Waals surface area contributed by atoms with Crippen LogP contribution < -0.4 is 0 Å². The first-order valence-electron chi connectivity index (χ1n) is 25.5. The van der Waals surface area contributed by atoms with Gasteiger partial charge in [0.05, 0.1) is 0 Å². The van der Waals surface area contributed by atoms with Crippen molar-refractivity contribution >= 4 is 17.9 Å². The van der Waals surface area contributed by atoms with E-state index in [2.05, 4.69) is 57.2 Å². The van der Waals surface area contributed by atoms with Crippen LogP contribution in [0.1, 0.15) is 265 Å². The van der Waals surface area contributed by atoms with E-state index in [1.807, 2.05) is 0 Å². The number of hydrogen-bond acceptors (Lipinski definition) is 6. The average Bonchev–Trinajstić information content (AvgIpc) is 3.23. The molecule has 0 amide bonds. The van der Waals surface area contributed by atoms with E-state index in [9.17, 15) is 14.4 Å². The maximum absolute atomic E-state index is 12.8. The van der Waals surface area contributed by atoms with Crippen molar-refractivity contribution in [2.45, 2.75) is 271 Å². The summed E-state index contributed by atoms with van der Waals surface area (Å²) < 4.78 is 16.8. The van der Waals surface area contributed by atoms with Gasteiger partial charge in [0.25, 0.3) is 0 Å². The van der Waals surface area contributed by atoms with Gasteiger partial charge in [-0.1, -0.05) is 205 Å². The van der Waals surface area contributed by atoms with Gasteiger partial charge in [0.1, 0.15) is 13.2 Å². The van der Waals surface area contributed by atoms with Crippen molar-refractivity contribution in [2.24, 2.45) is 0 Å². The Kier molecular flexibility index (Phi) is 46.4. The van der Waals surface area contributed by atoms with Gasteiger partial charge in [-0.3, -0.25) is 14.4 Å². The van der Waals surface area contributed by atoms with Crippen molar-refractivity contribution < 1.29 is 28.6 Å². The summed E-state index contributed by atoms with van der Waals surface area (Å²) >= 11 is 0. The van der Waals surface area contributed by atoms with Gasteiger partial charge in [0.2, 0.25) is 0 Å². The Labute approximate surface area is 365 Å². The molecule has 0 bridgehead atoms. The molecule has 59 heavy (non-hydrogen) atoms. The van der Waals surface area contributed by atoms with E-state index >= 15 is 0 Å². The van der Waals surface area contributed by atoms with Crippen molar-refractivity contribution in [3.8, 4) is 0 Å². The Balaban J connectivity index is 4.39. The van der Waals surface area contributed by atoms with E-state index in [0.29, 0.717) is 19.3 Å². The minimum atomic E-state index is -0.777. The van der Waals surface area contributed by atoms with Crippen LogP contribution in [0.2, 0.25) is 0 Å². The summed E-state index contributed by atoms with van der Waals surface area (Å²) in [4.78, 5) is 37.9. The van der Waals surface area contributed by atoms with Crippen molar-refractivity contribution in [1.82, 2.24) is 0 Å². The molecule has 0 unspecified atom stereocenters. The fourth-order valence-electron chi connectivity index (χ4n) is 7.23. The fraction of sp³-hybridized carbons (Fsp3) is 0.830. The minimum absolute atomic E-state index is 0.0773. The van der Waals surface area contributed by atoms with Gasteiger partial charge in [-0.2, -0.15) is 0 Å². The molecular weight excluding hydrogens is 733 g/mol. The Morgan fingerprint density at radius 3 is 0.983 bits per heavy atom. The van der Waals surface area contributed by atoms with Crippen LogP contribution in [0.3, 0.4) is 0 Å². The molecule has 0 radical (unpaired) electrons. The van der Waals surface area contributed by atoms with Crippen molar-refractivity contribution in [1.29, 1.82) is 0 Å². The largest absolute Gasteiger partial charge is 0.462 e. The van der Waals surface area contributed by atoms with Gasteiger partial charge >= 0.3 is 17.9 Å². The van der Waals surface area contributed by atoms with E-state index in [1.54, 1.807) is 0 Å². The second-order valence-corrected chi connectivity index (χ2v) is 17.1. The molecule has 0 saturated heterocycles. The average molecular weight is 829 g/mol. The first kappa shape index (κ1) is 56.6. The van der Waals surface area contributed by atoms with E-state index < -0.39 is 6.10 Å². The number of ether oxygens (including phenoxy) is 3. The normalized spacial score (nSPS) is 12.3. The molecule has 0 N–H and O–H groups in total. The summed E-state index contributed by atoms with van der Waals surface area (Å²) in [6.07, 6.45) is 55.5. The number of allylic oxidation sites excluding steroid dienone is 6. The molecule has 0 heterocycles. The summed E-state index contributed by atoms with van der Waals surface area (Å²) in [7, 11) is 0. The molecule has 0 aromatic heterocycles. The van der Waals surface area contributed by atoms with Crippen LogP contribution >= 0.6 is 0 Å². The standard InChI is InChI=1S/C53H96O6/c1-4-7-10-13-16-19-22-25-27-29-31-34-37-40-43-46-52(55)58-49-50(48-57-51(54)45-42-39-36-33-30-24-21-18-15-12-9-6-3)59-53(56)47-44-41-38-35-32-28-26-23-20-17-14-11-8-5-2/h16,19,23,25-27,50H,4-15,17-18,20-22,24,28-49H2,1-3H3/b19-16-,26-23-,27-25-/t50-/m1/s1. The first-order chi connectivity index (χ1) is 29.0. The molecule has 0 rings (SSSR count). The zero-order valence-electron chi connectivity index (χ0n) is 39.3. The number of carbonyl (C=O) groups excluding carboxylic acids is 3. The summed E-state index contributed by atoms with van der Waals surface area (Å²) in [6, 6.07) is 0. The third kappa shape index (κ3) is 46.5.